The predicted octanol–water partition coefficient (Wildman–Crippen LogP) is 0.0801. The lowest BCUT2D eigenvalue weighted by Crippen LogP contribution is -2.53. The maximum atomic E-state index is 11.2. The lowest BCUT2D eigenvalue weighted by molar-refractivity contribution is -0.149. The molecule has 0 bridgehead atoms. The van der Waals surface area contributed by atoms with E-state index in [-0.39, 0.29) is 12.3 Å². The summed E-state index contributed by atoms with van der Waals surface area (Å²) in [4.78, 5) is 21.9. The van der Waals surface area contributed by atoms with Crippen molar-refractivity contribution in [3.63, 3.8) is 0 Å². The van der Waals surface area contributed by atoms with Crippen LogP contribution in [0.3, 0.4) is 0 Å². The average molecular weight is 200 g/mol. The van der Waals surface area contributed by atoms with Gasteiger partial charge in [-0.2, -0.15) is 0 Å². The van der Waals surface area contributed by atoms with E-state index < -0.39 is 11.9 Å². The largest absolute Gasteiger partial charge is 0.481 e. The van der Waals surface area contributed by atoms with Gasteiger partial charge in [0.25, 0.3) is 0 Å². The fourth-order valence-electron chi connectivity index (χ4n) is 1.55. The topological polar surface area (TPSA) is 69.6 Å². The van der Waals surface area contributed by atoms with Crippen LogP contribution in [-0.2, 0) is 9.59 Å². The van der Waals surface area contributed by atoms with Crippen LogP contribution in [0.4, 0.5) is 0 Å². The number of amides is 1. The summed E-state index contributed by atoms with van der Waals surface area (Å²) in [5.41, 5.74) is 2.66. The summed E-state index contributed by atoms with van der Waals surface area (Å²) in [5.74, 6) is -1.26. The molecule has 1 aliphatic rings. The fraction of sp³-hybridized carbons (Fsp3) is 0.778. The van der Waals surface area contributed by atoms with Crippen LogP contribution in [0.2, 0.25) is 0 Å². The highest BCUT2D eigenvalue weighted by Crippen LogP contribution is 2.12. The Labute approximate surface area is 83.1 Å². The Balaban J connectivity index is 2.54. The number of hydrogen-bond donors (Lipinski definition) is 2. The predicted molar refractivity (Wildman–Crippen MR) is 50.3 cm³/mol. The second-order valence-corrected chi connectivity index (χ2v) is 4.07. The van der Waals surface area contributed by atoms with Gasteiger partial charge in [-0.1, -0.05) is 13.8 Å². The van der Waals surface area contributed by atoms with Crippen LogP contribution >= 0.6 is 0 Å². The van der Waals surface area contributed by atoms with Gasteiger partial charge in [0.1, 0.15) is 0 Å². The van der Waals surface area contributed by atoms with Crippen molar-refractivity contribution in [2.75, 3.05) is 13.1 Å². The third kappa shape index (κ3) is 2.99. The molecule has 1 rings (SSSR count). The average Bonchev–Trinajstić information content (AvgIpc) is 2.01. The highest BCUT2D eigenvalue weighted by molar-refractivity contribution is 5.83. The number of carboxylic acids is 1. The molecule has 1 amide bonds. The minimum absolute atomic E-state index is 0.0872. The minimum atomic E-state index is -0.895. The normalized spacial score (nSPS) is 23.6. The van der Waals surface area contributed by atoms with Crippen LogP contribution in [0.1, 0.15) is 20.3 Å². The lowest BCUT2D eigenvalue weighted by Gasteiger charge is -2.31. The van der Waals surface area contributed by atoms with Crippen LogP contribution in [0.15, 0.2) is 0 Å². The Morgan fingerprint density at radius 1 is 1.71 bits per heavy atom. The van der Waals surface area contributed by atoms with Crippen molar-refractivity contribution in [3.8, 4) is 0 Å². The van der Waals surface area contributed by atoms with Gasteiger partial charge < -0.3 is 5.11 Å². The van der Waals surface area contributed by atoms with Crippen LogP contribution in [0.25, 0.3) is 0 Å². The number of carbonyl (C=O) groups is 2. The number of hydrogen-bond acceptors (Lipinski definition) is 3. The highest BCUT2D eigenvalue weighted by atomic mass is 16.4. The standard InChI is InChI=1S/C9H16N2O3/c1-6(2)4-11-5-7(9(13)14)3-8(12)10-11/h6-7H,3-5H2,1-2H3,(H,10,12)(H,13,14). The zero-order valence-electron chi connectivity index (χ0n) is 8.49. The van der Waals surface area contributed by atoms with E-state index in [1.807, 2.05) is 13.8 Å². The summed E-state index contributed by atoms with van der Waals surface area (Å²) in [6.07, 6.45) is 0.0872. The van der Waals surface area contributed by atoms with Crippen LogP contribution < -0.4 is 5.43 Å². The number of nitrogens with one attached hydrogen (secondary N) is 1. The van der Waals surface area contributed by atoms with Crippen molar-refractivity contribution in [1.29, 1.82) is 0 Å². The molecule has 5 heteroatoms. The molecule has 1 unspecified atom stereocenters. The van der Waals surface area contributed by atoms with Gasteiger partial charge in [-0.3, -0.25) is 15.0 Å². The number of hydrazine groups is 1. The van der Waals surface area contributed by atoms with E-state index in [4.69, 9.17) is 5.11 Å². The molecule has 0 aromatic rings. The van der Waals surface area contributed by atoms with E-state index in [0.29, 0.717) is 19.0 Å². The second-order valence-electron chi connectivity index (χ2n) is 4.07. The summed E-state index contributed by atoms with van der Waals surface area (Å²) in [7, 11) is 0. The summed E-state index contributed by atoms with van der Waals surface area (Å²) >= 11 is 0. The monoisotopic (exact) mass is 200 g/mol. The highest BCUT2D eigenvalue weighted by Gasteiger charge is 2.29. The summed E-state index contributed by atoms with van der Waals surface area (Å²) in [6, 6.07) is 0. The first-order chi connectivity index (χ1) is 6.49. The van der Waals surface area contributed by atoms with Gasteiger partial charge in [0.15, 0.2) is 0 Å². The molecule has 0 aliphatic carbocycles. The fourth-order valence-corrected chi connectivity index (χ4v) is 1.55. The second kappa shape index (κ2) is 4.41. The molecule has 1 atom stereocenters. The molecule has 1 saturated heterocycles. The molecule has 1 fully saturated rings. The zero-order chi connectivity index (χ0) is 10.7. The van der Waals surface area contributed by atoms with Crippen molar-refractivity contribution in [2.45, 2.75) is 20.3 Å². The molecule has 80 valence electrons. The molecule has 0 radical (unpaired) electrons. The third-order valence-corrected chi connectivity index (χ3v) is 2.09. The van der Waals surface area contributed by atoms with E-state index in [1.54, 1.807) is 5.01 Å². The van der Waals surface area contributed by atoms with Gasteiger partial charge in [0, 0.05) is 19.5 Å². The summed E-state index contributed by atoms with van der Waals surface area (Å²) in [6.45, 7) is 5.14. The van der Waals surface area contributed by atoms with Crippen LogP contribution in [-0.4, -0.2) is 35.1 Å². The van der Waals surface area contributed by atoms with Gasteiger partial charge in [-0.25, -0.2) is 5.01 Å². The number of carbonyl (C=O) groups excluding carboxylic acids is 1. The molecular formula is C9H16N2O3. The van der Waals surface area contributed by atoms with Gasteiger partial charge in [-0.15, -0.1) is 0 Å². The SMILES string of the molecule is CC(C)CN1CC(C(=O)O)CC(=O)N1. The van der Waals surface area contributed by atoms with Crippen molar-refractivity contribution >= 4 is 11.9 Å². The molecule has 0 spiro atoms. The number of carboxylic acid groups (broad SMARTS) is 1. The lowest BCUT2D eigenvalue weighted by atomic mass is 10.0. The number of rotatable bonds is 3. The number of aliphatic carboxylic acids is 1. The number of nitrogens with zero attached hydrogens (tertiary/aromatic N) is 1. The molecule has 1 aliphatic heterocycles. The van der Waals surface area contributed by atoms with Crippen molar-refractivity contribution in [1.82, 2.24) is 10.4 Å². The Morgan fingerprint density at radius 2 is 2.36 bits per heavy atom. The van der Waals surface area contributed by atoms with Gasteiger partial charge >= 0.3 is 5.97 Å². The molecule has 5 nitrogen and oxygen atoms in total. The molecule has 2 N–H and O–H groups in total. The first kappa shape index (κ1) is 11.0. The summed E-state index contributed by atoms with van der Waals surface area (Å²) < 4.78 is 0. The molecule has 0 aromatic carbocycles. The molecule has 1 heterocycles. The molecule has 14 heavy (non-hydrogen) atoms. The molecular weight excluding hydrogens is 184 g/mol. The van der Waals surface area contributed by atoms with Crippen molar-refractivity contribution < 1.29 is 14.7 Å². The first-order valence-electron chi connectivity index (χ1n) is 4.76. The van der Waals surface area contributed by atoms with E-state index in [9.17, 15) is 9.59 Å². The molecule has 0 aromatic heterocycles. The van der Waals surface area contributed by atoms with E-state index >= 15 is 0 Å². The zero-order valence-corrected chi connectivity index (χ0v) is 8.49. The van der Waals surface area contributed by atoms with Crippen molar-refractivity contribution in [3.05, 3.63) is 0 Å². The smallest absolute Gasteiger partial charge is 0.308 e. The van der Waals surface area contributed by atoms with Gasteiger partial charge in [0.05, 0.1) is 5.92 Å². The van der Waals surface area contributed by atoms with Crippen LogP contribution in [0, 0.1) is 11.8 Å². The quantitative estimate of drug-likeness (QED) is 0.677. The maximum absolute atomic E-state index is 11.2. The Morgan fingerprint density at radius 3 is 2.86 bits per heavy atom. The Kier molecular flexibility index (Phi) is 3.46. The van der Waals surface area contributed by atoms with E-state index in [2.05, 4.69) is 5.43 Å². The van der Waals surface area contributed by atoms with Crippen molar-refractivity contribution in [2.24, 2.45) is 11.8 Å². The van der Waals surface area contributed by atoms with Gasteiger partial charge in [0.2, 0.25) is 5.91 Å². The maximum Gasteiger partial charge on any atom is 0.308 e. The third-order valence-electron chi connectivity index (χ3n) is 2.09. The van der Waals surface area contributed by atoms with Gasteiger partial charge in [-0.05, 0) is 5.92 Å². The minimum Gasteiger partial charge on any atom is -0.481 e. The first-order valence-corrected chi connectivity index (χ1v) is 4.76. The van der Waals surface area contributed by atoms with E-state index in [1.165, 1.54) is 0 Å². The Bertz CT molecular complexity index is 240. The summed E-state index contributed by atoms with van der Waals surface area (Å²) in [5, 5.41) is 10.5. The Hall–Kier alpha value is -1.10. The molecule has 0 saturated carbocycles. The van der Waals surface area contributed by atoms with Crippen LogP contribution in [0.5, 0.6) is 0 Å². The van der Waals surface area contributed by atoms with E-state index in [0.717, 1.165) is 0 Å².